The van der Waals surface area contributed by atoms with Crippen molar-refractivity contribution in [2.24, 2.45) is 5.92 Å². The summed E-state index contributed by atoms with van der Waals surface area (Å²) in [4.78, 5) is 26.0. The van der Waals surface area contributed by atoms with Crippen molar-refractivity contribution in [2.45, 2.75) is 13.3 Å². The Morgan fingerprint density at radius 3 is 2.73 bits per heavy atom. The number of carbonyl (C=O) groups excluding carboxylic acids is 2. The molecular formula is C14H13BrN4O2S. The third-order valence-corrected chi connectivity index (χ3v) is 4.67. The number of hydrogen-bond acceptors (Lipinski definition) is 5. The van der Waals surface area contributed by atoms with Gasteiger partial charge in [-0.2, -0.15) is 0 Å². The van der Waals surface area contributed by atoms with Crippen LogP contribution in [0.5, 0.6) is 0 Å². The fourth-order valence-electron chi connectivity index (χ4n) is 2.31. The number of amides is 2. The van der Waals surface area contributed by atoms with Crippen LogP contribution in [0.25, 0.3) is 0 Å². The zero-order valence-corrected chi connectivity index (χ0v) is 14.1. The van der Waals surface area contributed by atoms with Crippen LogP contribution in [0.4, 0.5) is 10.8 Å². The summed E-state index contributed by atoms with van der Waals surface area (Å²) in [6.07, 6.45) is 0.208. The van der Waals surface area contributed by atoms with Crippen LogP contribution in [0.3, 0.4) is 0 Å². The molecule has 1 aliphatic rings. The summed E-state index contributed by atoms with van der Waals surface area (Å²) < 4.78 is 0.948. The highest BCUT2D eigenvalue weighted by Gasteiger charge is 2.35. The molecule has 6 nitrogen and oxygen atoms in total. The second kappa shape index (κ2) is 6.13. The number of halogens is 1. The van der Waals surface area contributed by atoms with Gasteiger partial charge in [0.25, 0.3) is 0 Å². The average Bonchev–Trinajstić information content (AvgIpc) is 3.06. The predicted molar refractivity (Wildman–Crippen MR) is 87.9 cm³/mol. The lowest BCUT2D eigenvalue weighted by Gasteiger charge is -2.16. The van der Waals surface area contributed by atoms with Gasteiger partial charge in [-0.05, 0) is 31.2 Å². The fraction of sp³-hybridized carbons (Fsp3) is 0.286. The molecule has 0 saturated carbocycles. The van der Waals surface area contributed by atoms with E-state index in [1.54, 1.807) is 4.90 Å². The molecule has 1 atom stereocenters. The van der Waals surface area contributed by atoms with Crippen LogP contribution < -0.4 is 10.2 Å². The van der Waals surface area contributed by atoms with Gasteiger partial charge >= 0.3 is 0 Å². The Balaban J connectivity index is 1.68. The molecule has 1 N–H and O–H groups in total. The number of rotatable bonds is 3. The maximum Gasteiger partial charge on any atom is 0.231 e. The molecule has 1 aromatic heterocycles. The Hall–Kier alpha value is -1.80. The number of carbonyl (C=O) groups is 2. The average molecular weight is 381 g/mol. The summed E-state index contributed by atoms with van der Waals surface area (Å²) in [5.74, 6) is -0.611. The van der Waals surface area contributed by atoms with Crippen LogP contribution in [-0.2, 0) is 9.59 Å². The quantitative estimate of drug-likeness (QED) is 0.887. The van der Waals surface area contributed by atoms with Gasteiger partial charge in [0.1, 0.15) is 5.01 Å². The van der Waals surface area contributed by atoms with E-state index in [0.29, 0.717) is 11.7 Å². The van der Waals surface area contributed by atoms with Crippen molar-refractivity contribution in [1.29, 1.82) is 0 Å². The zero-order chi connectivity index (χ0) is 15.7. The van der Waals surface area contributed by atoms with Crippen molar-refractivity contribution >= 4 is 49.9 Å². The summed E-state index contributed by atoms with van der Waals surface area (Å²) in [5.41, 5.74) is 0.801. The molecule has 8 heteroatoms. The minimum absolute atomic E-state index is 0.0454. The molecule has 3 rings (SSSR count). The molecule has 1 aliphatic heterocycles. The minimum atomic E-state index is -0.375. The van der Waals surface area contributed by atoms with E-state index in [2.05, 4.69) is 31.4 Å². The van der Waals surface area contributed by atoms with E-state index in [0.717, 1.165) is 15.2 Å². The van der Waals surface area contributed by atoms with Crippen LogP contribution in [0, 0.1) is 12.8 Å². The second-order valence-corrected chi connectivity index (χ2v) is 7.09. The van der Waals surface area contributed by atoms with E-state index in [9.17, 15) is 9.59 Å². The molecule has 22 heavy (non-hydrogen) atoms. The van der Waals surface area contributed by atoms with Crippen molar-refractivity contribution in [3.63, 3.8) is 0 Å². The van der Waals surface area contributed by atoms with Gasteiger partial charge in [-0.15, -0.1) is 10.2 Å². The molecule has 0 bridgehead atoms. The van der Waals surface area contributed by atoms with Crippen LogP contribution in [-0.4, -0.2) is 28.6 Å². The summed E-state index contributed by atoms with van der Waals surface area (Å²) >= 11 is 4.68. The van der Waals surface area contributed by atoms with Crippen molar-refractivity contribution < 1.29 is 9.59 Å². The highest BCUT2D eigenvalue weighted by Crippen LogP contribution is 2.27. The van der Waals surface area contributed by atoms with Gasteiger partial charge in [0.2, 0.25) is 16.9 Å². The number of anilines is 2. The molecule has 2 aromatic rings. The fourth-order valence-corrected chi connectivity index (χ4v) is 3.17. The van der Waals surface area contributed by atoms with Crippen LogP contribution >= 0.6 is 27.3 Å². The maximum atomic E-state index is 12.2. The minimum Gasteiger partial charge on any atom is -0.312 e. The van der Waals surface area contributed by atoms with E-state index in [1.165, 1.54) is 11.3 Å². The third-order valence-electron chi connectivity index (χ3n) is 3.39. The highest BCUT2D eigenvalue weighted by molar-refractivity contribution is 9.10. The summed E-state index contributed by atoms with van der Waals surface area (Å²) in [7, 11) is 0. The lowest BCUT2D eigenvalue weighted by atomic mass is 10.1. The smallest absolute Gasteiger partial charge is 0.231 e. The van der Waals surface area contributed by atoms with Gasteiger partial charge in [-0.25, -0.2) is 0 Å². The summed E-state index contributed by atoms with van der Waals surface area (Å²) in [6.45, 7) is 2.20. The summed E-state index contributed by atoms with van der Waals surface area (Å²) in [5, 5.41) is 11.7. The van der Waals surface area contributed by atoms with E-state index in [1.807, 2.05) is 31.2 Å². The molecular weight excluding hydrogens is 368 g/mol. The van der Waals surface area contributed by atoms with Crippen molar-refractivity contribution in [3.8, 4) is 0 Å². The topological polar surface area (TPSA) is 75.2 Å². The molecule has 1 fully saturated rings. The molecule has 1 unspecified atom stereocenters. The first-order chi connectivity index (χ1) is 10.5. The number of aryl methyl sites for hydroxylation is 1. The first-order valence-corrected chi connectivity index (χ1v) is 8.31. The molecule has 2 amide bonds. The second-order valence-electron chi connectivity index (χ2n) is 5.00. The van der Waals surface area contributed by atoms with E-state index >= 15 is 0 Å². The van der Waals surface area contributed by atoms with Crippen LogP contribution in [0.15, 0.2) is 28.7 Å². The number of nitrogens with one attached hydrogen (secondary N) is 1. The van der Waals surface area contributed by atoms with Gasteiger partial charge in [0.15, 0.2) is 0 Å². The monoisotopic (exact) mass is 380 g/mol. The number of hydrogen-bond donors (Lipinski definition) is 1. The van der Waals surface area contributed by atoms with Crippen LogP contribution in [0.2, 0.25) is 0 Å². The highest BCUT2D eigenvalue weighted by atomic mass is 79.9. The number of aromatic nitrogens is 2. The first-order valence-electron chi connectivity index (χ1n) is 6.70. The predicted octanol–water partition coefficient (Wildman–Crippen LogP) is 2.60. The van der Waals surface area contributed by atoms with Gasteiger partial charge in [-0.3, -0.25) is 9.59 Å². The number of nitrogens with zero attached hydrogens (tertiary/aromatic N) is 3. The Kier molecular flexibility index (Phi) is 4.21. The van der Waals surface area contributed by atoms with Crippen molar-refractivity contribution in [2.75, 3.05) is 16.8 Å². The molecule has 1 aromatic carbocycles. The van der Waals surface area contributed by atoms with E-state index in [4.69, 9.17) is 0 Å². The lowest BCUT2D eigenvalue weighted by Crippen LogP contribution is -2.28. The molecule has 114 valence electrons. The standard InChI is InChI=1S/C14H13BrN4O2S/c1-8-17-18-14(22-8)16-13(21)9-6-12(20)19(7-9)11-4-2-10(15)3-5-11/h2-5,9H,6-7H2,1H3,(H,16,18,21). The molecule has 0 spiro atoms. The number of benzene rings is 1. The summed E-state index contributed by atoms with van der Waals surface area (Å²) in [6, 6.07) is 7.47. The molecule has 0 radical (unpaired) electrons. The molecule has 2 heterocycles. The molecule has 0 aliphatic carbocycles. The Morgan fingerprint density at radius 2 is 2.09 bits per heavy atom. The Morgan fingerprint density at radius 1 is 1.36 bits per heavy atom. The normalized spacial score (nSPS) is 17.8. The first kappa shape index (κ1) is 15.1. The lowest BCUT2D eigenvalue weighted by molar-refractivity contribution is -0.122. The SMILES string of the molecule is Cc1nnc(NC(=O)C2CC(=O)N(c3ccc(Br)cc3)C2)s1. The molecule has 1 saturated heterocycles. The Bertz CT molecular complexity index is 716. The van der Waals surface area contributed by atoms with Gasteiger partial charge < -0.3 is 10.2 Å². The van der Waals surface area contributed by atoms with Gasteiger partial charge in [-0.1, -0.05) is 27.3 Å². The van der Waals surface area contributed by atoms with Crippen molar-refractivity contribution in [1.82, 2.24) is 10.2 Å². The maximum absolute atomic E-state index is 12.2. The van der Waals surface area contributed by atoms with E-state index < -0.39 is 0 Å². The Labute approximate surface area is 139 Å². The largest absolute Gasteiger partial charge is 0.312 e. The van der Waals surface area contributed by atoms with Crippen LogP contribution in [0.1, 0.15) is 11.4 Å². The van der Waals surface area contributed by atoms with Gasteiger partial charge in [0.05, 0.1) is 5.92 Å². The third kappa shape index (κ3) is 3.17. The zero-order valence-electron chi connectivity index (χ0n) is 11.7. The van der Waals surface area contributed by atoms with Crippen molar-refractivity contribution in [3.05, 3.63) is 33.7 Å². The van der Waals surface area contributed by atoms with E-state index in [-0.39, 0.29) is 24.2 Å². The van der Waals surface area contributed by atoms with Gasteiger partial charge in [0, 0.05) is 23.1 Å².